The van der Waals surface area contributed by atoms with E-state index in [4.69, 9.17) is 4.84 Å². The number of hydrogen-bond donors (Lipinski definition) is 5. The molecule has 194 valence electrons. The van der Waals surface area contributed by atoms with Crippen LogP contribution in [0.3, 0.4) is 0 Å². The Hall–Kier alpha value is -0.890. The second-order valence-corrected chi connectivity index (χ2v) is 13.0. The summed E-state index contributed by atoms with van der Waals surface area (Å²) in [6, 6.07) is 0. The van der Waals surface area contributed by atoms with Gasteiger partial charge in [0.25, 0.3) is 0 Å². The van der Waals surface area contributed by atoms with Gasteiger partial charge in [0.15, 0.2) is 0 Å². The van der Waals surface area contributed by atoms with E-state index in [0.29, 0.717) is 17.8 Å². The molecule has 7 heteroatoms. The van der Waals surface area contributed by atoms with E-state index in [0.717, 1.165) is 57.8 Å². The lowest BCUT2D eigenvalue weighted by Crippen LogP contribution is -2.65. The summed E-state index contributed by atoms with van der Waals surface area (Å²) < 4.78 is 0. The molecular weight excluding hydrogens is 432 g/mol. The molecule has 4 aliphatic carbocycles. The van der Waals surface area contributed by atoms with Crippen molar-refractivity contribution in [1.82, 2.24) is 10.8 Å². The maximum atomic E-state index is 11.8. The molecule has 0 aromatic rings. The number of carbonyl (C=O) groups excluding carboxylic acids is 1. The van der Waals surface area contributed by atoms with E-state index >= 15 is 0 Å². The van der Waals surface area contributed by atoms with Gasteiger partial charge in [0.05, 0.1) is 18.3 Å². The fourth-order valence-corrected chi connectivity index (χ4v) is 10.1. The zero-order chi connectivity index (χ0) is 24.4. The molecule has 5 aliphatic rings. The predicted molar refractivity (Wildman–Crippen MR) is 128 cm³/mol. The highest BCUT2D eigenvalue weighted by Gasteiger charge is 2.67. The number of amides is 1. The van der Waals surface area contributed by atoms with Crippen LogP contribution >= 0.6 is 0 Å². The number of hydroxylamine groups is 1. The van der Waals surface area contributed by atoms with Gasteiger partial charge in [-0.05, 0) is 104 Å². The highest BCUT2D eigenvalue weighted by Crippen LogP contribution is 2.69. The van der Waals surface area contributed by atoms with Crippen molar-refractivity contribution < 1.29 is 25.0 Å². The van der Waals surface area contributed by atoms with Crippen LogP contribution in [-0.2, 0) is 4.84 Å². The molecule has 13 atom stereocenters. The SMILES string of the molecule is CC[C@H]1[C@@H](O)C2C3CC[C@H]([C@H](C)CCC4NOC(=O)N4)[C@@]3(C)C[C@H](O)C2[C@@]2(C)CC[C@@H](O)C[C@@H]12. The van der Waals surface area contributed by atoms with E-state index in [1.807, 2.05) is 0 Å². The number of carbonyl (C=O) groups is 1. The predicted octanol–water partition coefficient (Wildman–Crippen LogP) is 3.57. The van der Waals surface area contributed by atoms with Crippen LogP contribution in [0.4, 0.5) is 4.79 Å². The Labute approximate surface area is 204 Å². The first-order valence-electron chi connectivity index (χ1n) is 13.9. The average molecular weight is 479 g/mol. The van der Waals surface area contributed by atoms with Gasteiger partial charge in [-0.15, -0.1) is 5.48 Å². The number of nitrogens with one attached hydrogen (secondary N) is 2. The Morgan fingerprint density at radius 3 is 2.56 bits per heavy atom. The zero-order valence-electron chi connectivity index (χ0n) is 21.4. The Kier molecular flexibility index (Phi) is 6.48. The number of fused-ring (bicyclic) bond motifs is 5. The molecule has 1 saturated heterocycles. The molecule has 0 spiro atoms. The second kappa shape index (κ2) is 8.89. The minimum absolute atomic E-state index is 0.0133. The summed E-state index contributed by atoms with van der Waals surface area (Å²) in [5.74, 6) is 2.12. The van der Waals surface area contributed by atoms with E-state index in [2.05, 4.69) is 38.5 Å². The molecule has 1 aliphatic heterocycles. The third-order valence-corrected chi connectivity index (χ3v) is 11.6. The highest BCUT2D eigenvalue weighted by molar-refractivity contribution is 5.68. The number of aliphatic hydroxyl groups excluding tert-OH is 3. The van der Waals surface area contributed by atoms with Gasteiger partial charge in [0.1, 0.15) is 6.17 Å². The summed E-state index contributed by atoms with van der Waals surface area (Å²) in [5, 5.41) is 36.8. The van der Waals surface area contributed by atoms with Crippen molar-refractivity contribution in [3.63, 3.8) is 0 Å². The van der Waals surface area contributed by atoms with Crippen LogP contribution in [0, 0.1) is 52.3 Å². The monoisotopic (exact) mass is 478 g/mol. The highest BCUT2D eigenvalue weighted by atomic mass is 16.7. The Morgan fingerprint density at radius 2 is 1.88 bits per heavy atom. The zero-order valence-corrected chi connectivity index (χ0v) is 21.4. The van der Waals surface area contributed by atoms with Crippen LogP contribution in [0.1, 0.15) is 85.5 Å². The van der Waals surface area contributed by atoms with Crippen molar-refractivity contribution >= 4 is 6.09 Å². The smallest absolute Gasteiger partial charge is 0.393 e. The molecule has 4 saturated carbocycles. The molecule has 0 radical (unpaired) electrons. The first kappa shape index (κ1) is 24.8. The molecule has 0 aromatic heterocycles. The summed E-state index contributed by atoms with van der Waals surface area (Å²) in [7, 11) is 0. The van der Waals surface area contributed by atoms with E-state index in [1.54, 1.807) is 0 Å². The van der Waals surface area contributed by atoms with E-state index in [9.17, 15) is 20.1 Å². The van der Waals surface area contributed by atoms with Gasteiger partial charge in [0.2, 0.25) is 0 Å². The largest absolute Gasteiger partial charge is 0.427 e. The Bertz CT molecular complexity index is 780. The third kappa shape index (κ3) is 3.72. The van der Waals surface area contributed by atoms with Crippen LogP contribution in [0.15, 0.2) is 0 Å². The fourth-order valence-electron chi connectivity index (χ4n) is 10.1. The molecule has 1 amide bonds. The molecule has 0 aromatic carbocycles. The van der Waals surface area contributed by atoms with E-state index < -0.39 is 18.3 Å². The minimum atomic E-state index is -0.411. The summed E-state index contributed by atoms with van der Waals surface area (Å²) in [6.07, 6.45) is 6.70. The summed E-state index contributed by atoms with van der Waals surface area (Å²) in [6.45, 7) is 9.26. The third-order valence-electron chi connectivity index (χ3n) is 11.6. The van der Waals surface area contributed by atoms with Gasteiger partial charge in [-0.2, -0.15) is 0 Å². The van der Waals surface area contributed by atoms with Gasteiger partial charge < -0.3 is 25.5 Å². The average Bonchev–Trinajstić information content (AvgIpc) is 3.35. The maximum Gasteiger partial charge on any atom is 0.427 e. The van der Waals surface area contributed by atoms with Crippen molar-refractivity contribution in [2.75, 3.05) is 0 Å². The van der Waals surface area contributed by atoms with Crippen LogP contribution < -0.4 is 10.8 Å². The number of rotatable bonds is 5. The summed E-state index contributed by atoms with van der Waals surface area (Å²) in [4.78, 5) is 16.1. The molecule has 0 bridgehead atoms. The van der Waals surface area contributed by atoms with Crippen molar-refractivity contribution in [3.8, 4) is 0 Å². The minimum Gasteiger partial charge on any atom is -0.393 e. The quantitative estimate of drug-likeness (QED) is 0.413. The van der Waals surface area contributed by atoms with Gasteiger partial charge in [-0.25, -0.2) is 4.79 Å². The van der Waals surface area contributed by atoms with Crippen molar-refractivity contribution in [2.45, 2.75) is 110 Å². The molecule has 5 N–H and O–H groups in total. The lowest BCUT2D eigenvalue weighted by molar-refractivity contribution is -0.235. The first-order valence-corrected chi connectivity index (χ1v) is 13.9. The fraction of sp³-hybridized carbons (Fsp3) is 0.963. The molecule has 1 heterocycles. The van der Waals surface area contributed by atoms with Gasteiger partial charge >= 0.3 is 6.09 Å². The van der Waals surface area contributed by atoms with Gasteiger partial charge in [-0.1, -0.05) is 34.1 Å². The van der Waals surface area contributed by atoms with Crippen molar-refractivity contribution in [1.29, 1.82) is 0 Å². The van der Waals surface area contributed by atoms with Crippen LogP contribution in [0.5, 0.6) is 0 Å². The molecule has 7 nitrogen and oxygen atoms in total. The summed E-state index contributed by atoms with van der Waals surface area (Å²) >= 11 is 0. The van der Waals surface area contributed by atoms with Gasteiger partial charge in [-0.3, -0.25) is 0 Å². The lowest BCUT2D eigenvalue weighted by Gasteiger charge is -2.66. The summed E-state index contributed by atoms with van der Waals surface area (Å²) in [5.41, 5.74) is 2.76. The second-order valence-electron chi connectivity index (χ2n) is 13.0. The van der Waals surface area contributed by atoms with Crippen molar-refractivity contribution in [3.05, 3.63) is 0 Å². The van der Waals surface area contributed by atoms with E-state index in [1.165, 1.54) is 0 Å². The molecule has 5 fully saturated rings. The van der Waals surface area contributed by atoms with Crippen LogP contribution in [0.25, 0.3) is 0 Å². The Morgan fingerprint density at radius 1 is 1.12 bits per heavy atom. The van der Waals surface area contributed by atoms with E-state index in [-0.39, 0.29) is 46.8 Å². The van der Waals surface area contributed by atoms with Crippen molar-refractivity contribution in [2.24, 2.45) is 52.3 Å². The molecule has 4 unspecified atom stereocenters. The van der Waals surface area contributed by atoms with Crippen LogP contribution in [0.2, 0.25) is 0 Å². The Balaban J connectivity index is 1.38. The lowest BCUT2D eigenvalue weighted by atomic mass is 9.40. The topological polar surface area (TPSA) is 111 Å². The number of aliphatic hydroxyl groups is 3. The standard InChI is InChI=1S/C27H46N2O5/c1-5-16-19-12-15(30)10-11-26(19,3)23-20(31)13-27(4)17(7-8-18(27)22(23)24(16)32)14(2)6-9-21-28-25(33)34-29-21/h14-24,29-32H,5-13H2,1-4H3,(H,28,33)/t14-,15-,16-,17-,18?,19+,20+,21?,22?,23?,24-,26+,27-/m1/s1. The van der Waals surface area contributed by atoms with Gasteiger partial charge in [0, 0.05) is 0 Å². The molecule has 5 rings (SSSR count). The number of hydrogen-bond acceptors (Lipinski definition) is 6. The molecule has 34 heavy (non-hydrogen) atoms. The first-order chi connectivity index (χ1) is 16.1. The normalized spacial score (nSPS) is 53.3. The maximum absolute atomic E-state index is 11.8. The van der Waals surface area contributed by atoms with Crippen LogP contribution in [-0.4, -0.2) is 45.9 Å². The molecular formula is C27H46N2O5.